The van der Waals surface area contributed by atoms with E-state index in [1.807, 2.05) is 0 Å². The smallest absolute Gasteiger partial charge is 0.125 e. The van der Waals surface area contributed by atoms with Crippen LogP contribution in [0.3, 0.4) is 0 Å². The third-order valence-electron chi connectivity index (χ3n) is 3.53. The molecule has 2 nitrogen and oxygen atoms in total. The minimum Gasteiger partial charge on any atom is -0.493 e. The van der Waals surface area contributed by atoms with Crippen LogP contribution < -0.4 is 10.5 Å². The van der Waals surface area contributed by atoms with E-state index in [9.17, 15) is 0 Å². The first-order valence-electron chi connectivity index (χ1n) is 6.54. The molecule has 2 rings (SSSR count). The molecule has 1 aliphatic rings. The van der Waals surface area contributed by atoms with Crippen LogP contribution in [0.25, 0.3) is 0 Å². The Morgan fingerprint density at radius 2 is 1.82 bits per heavy atom. The van der Waals surface area contributed by atoms with Crippen molar-refractivity contribution >= 4 is 0 Å². The van der Waals surface area contributed by atoms with Crippen molar-refractivity contribution in [1.82, 2.24) is 0 Å². The van der Waals surface area contributed by atoms with E-state index in [-0.39, 0.29) is 0 Å². The molecule has 1 saturated carbocycles. The summed E-state index contributed by atoms with van der Waals surface area (Å²) in [6, 6.07) is 4.67. The van der Waals surface area contributed by atoms with E-state index in [0.29, 0.717) is 6.04 Å². The minimum atomic E-state index is 0.334. The van der Waals surface area contributed by atoms with Gasteiger partial charge in [0.2, 0.25) is 0 Å². The molecule has 0 saturated heterocycles. The van der Waals surface area contributed by atoms with Gasteiger partial charge in [-0.15, -0.1) is 0 Å². The summed E-state index contributed by atoms with van der Waals surface area (Å²) in [5.41, 5.74) is 9.81. The summed E-state index contributed by atoms with van der Waals surface area (Å²) in [4.78, 5) is 0. The molecule has 2 N–H and O–H groups in total. The molecule has 1 aliphatic carbocycles. The second kappa shape index (κ2) is 5.09. The largest absolute Gasteiger partial charge is 0.493 e. The second-order valence-electron chi connectivity index (χ2n) is 5.37. The molecule has 0 bridgehead atoms. The molecular formula is C15H23NO. The molecule has 1 fully saturated rings. The Bertz CT molecular complexity index is 373. The predicted octanol–water partition coefficient (Wildman–Crippen LogP) is 3.12. The second-order valence-corrected chi connectivity index (χ2v) is 5.37. The molecule has 2 heteroatoms. The Morgan fingerprint density at radius 1 is 1.24 bits per heavy atom. The number of rotatable bonds is 5. The molecule has 0 aromatic heterocycles. The van der Waals surface area contributed by atoms with Crippen molar-refractivity contribution in [2.75, 3.05) is 6.61 Å². The Hall–Kier alpha value is -1.02. The van der Waals surface area contributed by atoms with Gasteiger partial charge in [-0.05, 0) is 57.1 Å². The van der Waals surface area contributed by atoms with Crippen LogP contribution in [0.1, 0.15) is 36.0 Å². The van der Waals surface area contributed by atoms with Crippen LogP contribution in [-0.4, -0.2) is 12.6 Å². The summed E-state index contributed by atoms with van der Waals surface area (Å²) >= 11 is 0. The predicted molar refractivity (Wildman–Crippen MR) is 71.5 cm³/mol. The summed E-state index contributed by atoms with van der Waals surface area (Å²) in [5.74, 6) is 1.80. The Labute approximate surface area is 104 Å². The Balaban J connectivity index is 1.89. The van der Waals surface area contributed by atoms with Crippen molar-refractivity contribution in [3.8, 4) is 5.75 Å². The number of aryl methyl sites for hydroxylation is 3. The van der Waals surface area contributed by atoms with Gasteiger partial charge in [0, 0.05) is 6.04 Å². The van der Waals surface area contributed by atoms with Crippen molar-refractivity contribution in [3.05, 3.63) is 28.8 Å². The van der Waals surface area contributed by atoms with E-state index < -0.39 is 0 Å². The molecule has 0 spiro atoms. The van der Waals surface area contributed by atoms with E-state index in [4.69, 9.17) is 10.5 Å². The molecule has 0 aliphatic heterocycles. The monoisotopic (exact) mass is 233 g/mol. The zero-order valence-electron chi connectivity index (χ0n) is 11.1. The lowest BCUT2D eigenvalue weighted by Crippen LogP contribution is -2.24. The van der Waals surface area contributed by atoms with Crippen molar-refractivity contribution in [1.29, 1.82) is 0 Å². The van der Waals surface area contributed by atoms with Crippen molar-refractivity contribution in [2.24, 2.45) is 11.7 Å². The lowest BCUT2D eigenvalue weighted by Gasteiger charge is -2.15. The topological polar surface area (TPSA) is 35.2 Å². The molecule has 17 heavy (non-hydrogen) atoms. The number of hydrogen-bond acceptors (Lipinski definition) is 2. The number of benzene rings is 1. The fourth-order valence-electron chi connectivity index (χ4n) is 2.45. The summed E-state index contributed by atoms with van der Waals surface area (Å²) in [5, 5.41) is 0. The summed E-state index contributed by atoms with van der Waals surface area (Å²) in [7, 11) is 0. The zero-order valence-corrected chi connectivity index (χ0v) is 11.1. The summed E-state index contributed by atoms with van der Waals surface area (Å²) < 4.78 is 5.89. The molecule has 0 amide bonds. The zero-order chi connectivity index (χ0) is 12.4. The van der Waals surface area contributed by atoms with Crippen LogP contribution in [0.2, 0.25) is 0 Å². The lowest BCUT2D eigenvalue weighted by atomic mass is 10.1. The molecule has 1 unspecified atom stereocenters. The van der Waals surface area contributed by atoms with Gasteiger partial charge < -0.3 is 10.5 Å². The van der Waals surface area contributed by atoms with Gasteiger partial charge in [-0.1, -0.05) is 17.7 Å². The van der Waals surface area contributed by atoms with Gasteiger partial charge in [0.05, 0.1) is 6.61 Å². The SMILES string of the molecule is Cc1cc(C)c(OCCC(N)C2CC2)c(C)c1. The Kier molecular flexibility index (Phi) is 3.72. The maximum atomic E-state index is 6.06. The molecule has 0 radical (unpaired) electrons. The van der Waals surface area contributed by atoms with E-state index >= 15 is 0 Å². The lowest BCUT2D eigenvalue weighted by molar-refractivity contribution is 0.288. The van der Waals surface area contributed by atoms with Gasteiger partial charge in [-0.25, -0.2) is 0 Å². The first kappa shape index (κ1) is 12.4. The molecule has 0 heterocycles. The van der Waals surface area contributed by atoms with Crippen molar-refractivity contribution in [2.45, 2.75) is 46.1 Å². The summed E-state index contributed by atoms with van der Waals surface area (Å²) in [6.07, 6.45) is 3.59. The van der Waals surface area contributed by atoms with Crippen LogP contribution in [-0.2, 0) is 0 Å². The van der Waals surface area contributed by atoms with Crippen LogP contribution in [0.4, 0.5) is 0 Å². The van der Waals surface area contributed by atoms with Crippen molar-refractivity contribution in [3.63, 3.8) is 0 Å². The summed E-state index contributed by atoms with van der Waals surface area (Å²) in [6.45, 7) is 7.07. The van der Waals surface area contributed by atoms with Crippen LogP contribution in [0, 0.1) is 26.7 Å². The Morgan fingerprint density at radius 3 is 2.35 bits per heavy atom. The molecule has 1 aromatic rings. The van der Waals surface area contributed by atoms with Crippen molar-refractivity contribution < 1.29 is 4.74 Å². The number of nitrogens with two attached hydrogens (primary N) is 1. The van der Waals surface area contributed by atoms with Gasteiger partial charge in [0.1, 0.15) is 5.75 Å². The van der Waals surface area contributed by atoms with E-state index in [2.05, 4.69) is 32.9 Å². The highest BCUT2D eigenvalue weighted by molar-refractivity contribution is 5.42. The first-order chi connectivity index (χ1) is 8.08. The highest BCUT2D eigenvalue weighted by atomic mass is 16.5. The van der Waals surface area contributed by atoms with Gasteiger partial charge in [0.25, 0.3) is 0 Å². The standard InChI is InChI=1S/C15H23NO/c1-10-8-11(2)15(12(3)9-10)17-7-6-14(16)13-4-5-13/h8-9,13-14H,4-7,16H2,1-3H3. The van der Waals surface area contributed by atoms with Gasteiger partial charge in [-0.3, -0.25) is 0 Å². The normalized spacial score (nSPS) is 16.9. The average Bonchev–Trinajstić information content (AvgIpc) is 3.04. The maximum Gasteiger partial charge on any atom is 0.125 e. The third kappa shape index (κ3) is 3.22. The number of hydrogen-bond donors (Lipinski definition) is 1. The first-order valence-corrected chi connectivity index (χ1v) is 6.54. The van der Waals surface area contributed by atoms with E-state index in [1.54, 1.807) is 0 Å². The minimum absolute atomic E-state index is 0.334. The van der Waals surface area contributed by atoms with Crippen LogP contribution >= 0.6 is 0 Å². The highest BCUT2D eigenvalue weighted by Crippen LogP contribution is 2.33. The van der Waals surface area contributed by atoms with E-state index in [0.717, 1.165) is 24.7 Å². The van der Waals surface area contributed by atoms with Gasteiger partial charge in [-0.2, -0.15) is 0 Å². The average molecular weight is 233 g/mol. The maximum absolute atomic E-state index is 6.06. The fourth-order valence-corrected chi connectivity index (χ4v) is 2.45. The highest BCUT2D eigenvalue weighted by Gasteiger charge is 2.28. The van der Waals surface area contributed by atoms with Crippen LogP contribution in [0.15, 0.2) is 12.1 Å². The van der Waals surface area contributed by atoms with Gasteiger partial charge >= 0.3 is 0 Å². The van der Waals surface area contributed by atoms with E-state index in [1.165, 1.54) is 29.5 Å². The van der Waals surface area contributed by atoms with Crippen LogP contribution in [0.5, 0.6) is 5.75 Å². The quantitative estimate of drug-likeness (QED) is 0.848. The fraction of sp³-hybridized carbons (Fsp3) is 0.600. The number of ether oxygens (including phenoxy) is 1. The molecule has 94 valence electrons. The molecule has 1 aromatic carbocycles. The third-order valence-corrected chi connectivity index (χ3v) is 3.53. The van der Waals surface area contributed by atoms with Gasteiger partial charge in [0.15, 0.2) is 0 Å². The molecular weight excluding hydrogens is 210 g/mol. The molecule has 1 atom stereocenters.